The summed E-state index contributed by atoms with van der Waals surface area (Å²) >= 11 is 0. The molecular weight excluding hydrogens is 228 g/mol. The van der Waals surface area contributed by atoms with Crippen molar-refractivity contribution < 1.29 is 9.53 Å². The Labute approximate surface area is 112 Å². The number of carbonyl (C=O) groups is 1. The van der Waals surface area contributed by atoms with Gasteiger partial charge in [0.05, 0.1) is 12.3 Å². The minimum atomic E-state index is -0.203. The van der Waals surface area contributed by atoms with Crippen molar-refractivity contribution in [3.8, 4) is 0 Å². The SMILES string of the molecule is CC(C)(C)CCC(=O)NCCCC(C)(C)OCN. The normalized spacial score (nSPS) is 12.6. The lowest BCUT2D eigenvalue weighted by Gasteiger charge is -2.24. The van der Waals surface area contributed by atoms with Crippen LogP contribution in [0, 0.1) is 5.41 Å². The van der Waals surface area contributed by atoms with E-state index >= 15 is 0 Å². The Hall–Kier alpha value is -0.610. The topological polar surface area (TPSA) is 64.3 Å². The van der Waals surface area contributed by atoms with Crippen molar-refractivity contribution in [2.24, 2.45) is 11.1 Å². The molecule has 0 bridgehead atoms. The van der Waals surface area contributed by atoms with Crippen LogP contribution in [-0.4, -0.2) is 24.8 Å². The van der Waals surface area contributed by atoms with E-state index in [-0.39, 0.29) is 23.7 Å². The van der Waals surface area contributed by atoms with Gasteiger partial charge in [-0.15, -0.1) is 0 Å². The molecule has 108 valence electrons. The molecule has 0 rings (SSSR count). The quantitative estimate of drug-likeness (QED) is 0.519. The maximum absolute atomic E-state index is 11.6. The van der Waals surface area contributed by atoms with Crippen molar-refractivity contribution in [3.63, 3.8) is 0 Å². The molecule has 0 saturated carbocycles. The molecule has 0 fully saturated rings. The Balaban J connectivity index is 3.63. The van der Waals surface area contributed by atoms with E-state index in [1.54, 1.807) is 0 Å². The van der Waals surface area contributed by atoms with Gasteiger partial charge in [-0.1, -0.05) is 20.8 Å². The minimum absolute atomic E-state index is 0.141. The van der Waals surface area contributed by atoms with Gasteiger partial charge in [-0.05, 0) is 38.5 Å². The molecule has 0 saturated heterocycles. The second-order valence-corrected chi connectivity index (χ2v) is 6.58. The fourth-order valence-corrected chi connectivity index (χ4v) is 1.62. The summed E-state index contributed by atoms with van der Waals surface area (Å²) in [6, 6.07) is 0. The van der Waals surface area contributed by atoms with Gasteiger partial charge in [0.2, 0.25) is 5.91 Å². The van der Waals surface area contributed by atoms with Gasteiger partial charge < -0.3 is 15.8 Å². The van der Waals surface area contributed by atoms with E-state index < -0.39 is 0 Å². The number of ether oxygens (including phenoxy) is 1. The van der Waals surface area contributed by atoms with Crippen LogP contribution in [0.3, 0.4) is 0 Å². The summed E-state index contributed by atoms with van der Waals surface area (Å²) in [7, 11) is 0. The zero-order valence-electron chi connectivity index (χ0n) is 12.6. The van der Waals surface area contributed by atoms with Gasteiger partial charge in [0, 0.05) is 13.0 Å². The Morgan fingerprint density at radius 3 is 2.28 bits per heavy atom. The summed E-state index contributed by atoms with van der Waals surface area (Å²) in [5.74, 6) is 0.141. The highest BCUT2D eigenvalue weighted by atomic mass is 16.5. The summed E-state index contributed by atoms with van der Waals surface area (Å²) in [6.07, 6.45) is 3.32. The van der Waals surface area contributed by atoms with Crippen LogP contribution >= 0.6 is 0 Å². The highest BCUT2D eigenvalue weighted by molar-refractivity contribution is 5.75. The first kappa shape index (κ1) is 17.4. The number of nitrogens with one attached hydrogen (secondary N) is 1. The van der Waals surface area contributed by atoms with E-state index in [1.807, 2.05) is 13.8 Å². The maximum atomic E-state index is 11.6. The summed E-state index contributed by atoms with van der Waals surface area (Å²) in [5.41, 5.74) is 5.37. The fraction of sp³-hybridized carbons (Fsp3) is 0.929. The maximum Gasteiger partial charge on any atom is 0.220 e. The zero-order valence-corrected chi connectivity index (χ0v) is 12.6. The smallest absolute Gasteiger partial charge is 0.220 e. The van der Waals surface area contributed by atoms with Gasteiger partial charge in [0.1, 0.15) is 0 Å². The number of hydrogen-bond acceptors (Lipinski definition) is 3. The predicted octanol–water partition coefficient (Wildman–Crippen LogP) is 2.42. The van der Waals surface area contributed by atoms with E-state index in [0.29, 0.717) is 13.0 Å². The molecule has 0 spiro atoms. The van der Waals surface area contributed by atoms with E-state index in [4.69, 9.17) is 10.5 Å². The molecule has 0 aliphatic carbocycles. The molecule has 4 nitrogen and oxygen atoms in total. The molecule has 0 radical (unpaired) electrons. The first-order valence-electron chi connectivity index (χ1n) is 6.77. The number of rotatable bonds is 8. The highest BCUT2D eigenvalue weighted by Crippen LogP contribution is 2.20. The number of nitrogens with two attached hydrogens (primary N) is 1. The van der Waals surface area contributed by atoms with Crippen LogP contribution in [0.5, 0.6) is 0 Å². The third-order valence-electron chi connectivity index (χ3n) is 2.85. The third-order valence-corrected chi connectivity index (χ3v) is 2.85. The summed E-state index contributed by atoms with van der Waals surface area (Å²) < 4.78 is 5.39. The van der Waals surface area contributed by atoms with Gasteiger partial charge in [0.25, 0.3) is 0 Å². The van der Waals surface area contributed by atoms with Gasteiger partial charge in [-0.3, -0.25) is 4.79 Å². The molecule has 0 aromatic carbocycles. The van der Waals surface area contributed by atoms with E-state index in [2.05, 4.69) is 26.1 Å². The predicted molar refractivity (Wildman–Crippen MR) is 75.2 cm³/mol. The van der Waals surface area contributed by atoms with E-state index in [9.17, 15) is 4.79 Å². The van der Waals surface area contributed by atoms with Gasteiger partial charge in [-0.2, -0.15) is 0 Å². The Bertz CT molecular complexity index is 245. The fourth-order valence-electron chi connectivity index (χ4n) is 1.62. The number of hydrogen-bond donors (Lipinski definition) is 2. The highest BCUT2D eigenvalue weighted by Gasteiger charge is 2.17. The van der Waals surface area contributed by atoms with Crippen molar-refractivity contribution in [3.05, 3.63) is 0 Å². The molecule has 0 atom stereocenters. The van der Waals surface area contributed by atoms with Crippen molar-refractivity contribution in [2.75, 3.05) is 13.3 Å². The average Bonchev–Trinajstić information content (AvgIpc) is 2.20. The van der Waals surface area contributed by atoms with Crippen LogP contribution in [0.2, 0.25) is 0 Å². The largest absolute Gasteiger partial charge is 0.361 e. The van der Waals surface area contributed by atoms with Crippen LogP contribution < -0.4 is 11.1 Å². The molecule has 0 aliphatic heterocycles. The molecule has 3 N–H and O–H groups in total. The Morgan fingerprint density at radius 2 is 1.78 bits per heavy atom. The zero-order chi connectivity index (χ0) is 14.2. The molecular formula is C14H30N2O2. The Morgan fingerprint density at radius 1 is 1.17 bits per heavy atom. The second-order valence-electron chi connectivity index (χ2n) is 6.58. The van der Waals surface area contributed by atoms with E-state index in [1.165, 1.54) is 0 Å². The first-order chi connectivity index (χ1) is 8.16. The van der Waals surface area contributed by atoms with E-state index in [0.717, 1.165) is 19.3 Å². The lowest BCUT2D eigenvalue weighted by atomic mass is 9.90. The molecule has 1 amide bonds. The van der Waals surface area contributed by atoms with Gasteiger partial charge >= 0.3 is 0 Å². The molecule has 0 aliphatic rings. The second kappa shape index (κ2) is 7.74. The molecule has 0 aromatic heterocycles. The lowest BCUT2D eigenvalue weighted by Crippen LogP contribution is -2.30. The molecule has 0 heterocycles. The van der Waals surface area contributed by atoms with Crippen LogP contribution in [0.4, 0.5) is 0 Å². The molecule has 18 heavy (non-hydrogen) atoms. The number of amides is 1. The van der Waals surface area contributed by atoms with Crippen molar-refractivity contribution in [1.82, 2.24) is 5.32 Å². The molecule has 0 aromatic rings. The van der Waals surface area contributed by atoms with Crippen molar-refractivity contribution in [2.45, 2.75) is 65.9 Å². The van der Waals surface area contributed by atoms with Crippen LogP contribution in [0.25, 0.3) is 0 Å². The molecule has 0 unspecified atom stereocenters. The lowest BCUT2D eigenvalue weighted by molar-refractivity contribution is -0.121. The minimum Gasteiger partial charge on any atom is -0.361 e. The third kappa shape index (κ3) is 10.5. The monoisotopic (exact) mass is 258 g/mol. The molecule has 4 heteroatoms. The van der Waals surface area contributed by atoms with Crippen LogP contribution in [-0.2, 0) is 9.53 Å². The summed E-state index contributed by atoms with van der Waals surface area (Å²) in [5, 5.41) is 2.94. The van der Waals surface area contributed by atoms with Crippen LogP contribution in [0.15, 0.2) is 0 Å². The van der Waals surface area contributed by atoms with Crippen LogP contribution in [0.1, 0.15) is 60.3 Å². The number of carbonyl (C=O) groups excluding carboxylic acids is 1. The van der Waals surface area contributed by atoms with Gasteiger partial charge in [0.15, 0.2) is 0 Å². The average molecular weight is 258 g/mol. The Kier molecular flexibility index (Phi) is 7.48. The summed E-state index contributed by atoms with van der Waals surface area (Å²) in [4.78, 5) is 11.6. The first-order valence-corrected chi connectivity index (χ1v) is 6.77. The van der Waals surface area contributed by atoms with Gasteiger partial charge in [-0.25, -0.2) is 0 Å². The summed E-state index contributed by atoms with van der Waals surface area (Å²) in [6.45, 7) is 11.4. The standard InChI is InChI=1S/C14H30N2O2/c1-13(2,3)9-7-12(17)16-10-6-8-14(4,5)18-11-15/h6-11,15H2,1-5H3,(H,16,17). The van der Waals surface area contributed by atoms with Crippen molar-refractivity contribution in [1.29, 1.82) is 0 Å². The van der Waals surface area contributed by atoms with Crippen molar-refractivity contribution >= 4 is 5.91 Å².